The van der Waals surface area contributed by atoms with Crippen LogP contribution in [0.25, 0.3) is 10.2 Å². The van der Waals surface area contributed by atoms with Gasteiger partial charge in [-0.15, -0.1) is 11.3 Å². The highest BCUT2D eigenvalue weighted by atomic mass is 35.5. The molecule has 2 heterocycles. The summed E-state index contributed by atoms with van der Waals surface area (Å²) in [6, 6.07) is 2.09. The lowest BCUT2D eigenvalue weighted by atomic mass is 10.4. The number of fused-ring (bicyclic) bond motifs is 1. The third kappa shape index (κ3) is 1.11. The molecule has 0 radical (unpaired) electrons. The van der Waals surface area contributed by atoms with Gasteiger partial charge in [0.1, 0.15) is 4.83 Å². The van der Waals surface area contributed by atoms with Crippen molar-refractivity contribution < 1.29 is 0 Å². The molecular formula is C9H7ClN2OS. The quantitative estimate of drug-likeness (QED) is 0.700. The molecule has 0 aliphatic heterocycles. The van der Waals surface area contributed by atoms with Gasteiger partial charge in [0.2, 0.25) is 5.28 Å². The van der Waals surface area contributed by atoms with Crippen LogP contribution in [-0.4, -0.2) is 9.55 Å². The van der Waals surface area contributed by atoms with Crippen LogP contribution in [0.2, 0.25) is 5.28 Å². The predicted molar refractivity (Wildman–Crippen MR) is 57.2 cm³/mol. The maximum atomic E-state index is 11.9. The Kier molecular flexibility index (Phi) is 1.69. The summed E-state index contributed by atoms with van der Waals surface area (Å²) in [5, 5.41) is 2.88. The molecule has 5 heteroatoms. The van der Waals surface area contributed by atoms with E-state index < -0.39 is 0 Å². The minimum atomic E-state index is 0.00347. The van der Waals surface area contributed by atoms with Crippen molar-refractivity contribution in [3.63, 3.8) is 0 Å². The van der Waals surface area contributed by atoms with Crippen LogP contribution >= 0.6 is 22.9 Å². The first-order valence-corrected chi connectivity index (χ1v) is 5.68. The van der Waals surface area contributed by atoms with Crippen molar-refractivity contribution >= 4 is 33.2 Å². The van der Waals surface area contributed by atoms with Crippen LogP contribution in [-0.2, 0) is 0 Å². The zero-order valence-electron chi connectivity index (χ0n) is 7.24. The van der Waals surface area contributed by atoms with Gasteiger partial charge in [-0.2, -0.15) is 0 Å². The van der Waals surface area contributed by atoms with E-state index in [1.54, 1.807) is 4.57 Å². The Morgan fingerprint density at radius 2 is 2.36 bits per heavy atom. The zero-order chi connectivity index (χ0) is 9.71. The molecule has 0 unspecified atom stereocenters. The van der Waals surface area contributed by atoms with Crippen LogP contribution in [0, 0.1) is 0 Å². The second-order valence-electron chi connectivity index (χ2n) is 3.43. The van der Waals surface area contributed by atoms with Crippen molar-refractivity contribution in [3.8, 4) is 0 Å². The minimum absolute atomic E-state index is 0.00347. The highest BCUT2D eigenvalue weighted by Gasteiger charge is 2.27. The molecule has 1 saturated carbocycles. The molecule has 0 atom stereocenters. The molecule has 1 fully saturated rings. The summed E-state index contributed by atoms with van der Waals surface area (Å²) in [5.74, 6) is 0. The summed E-state index contributed by atoms with van der Waals surface area (Å²) < 4.78 is 1.61. The number of hydrogen-bond acceptors (Lipinski definition) is 3. The fourth-order valence-electron chi connectivity index (χ4n) is 1.55. The second-order valence-corrected chi connectivity index (χ2v) is 4.66. The van der Waals surface area contributed by atoms with E-state index in [0.29, 0.717) is 10.7 Å². The van der Waals surface area contributed by atoms with Crippen LogP contribution in [0.4, 0.5) is 0 Å². The molecule has 2 aromatic heterocycles. The van der Waals surface area contributed by atoms with Gasteiger partial charge in [0.25, 0.3) is 5.56 Å². The van der Waals surface area contributed by atoms with Crippen LogP contribution in [0.15, 0.2) is 16.2 Å². The predicted octanol–water partition coefficient (Wildman–Crippen LogP) is 2.45. The molecule has 0 spiro atoms. The molecule has 3 nitrogen and oxygen atoms in total. The highest BCUT2D eigenvalue weighted by molar-refractivity contribution is 7.16. The summed E-state index contributed by atoms with van der Waals surface area (Å²) in [6.07, 6.45) is 2.08. The maximum absolute atomic E-state index is 11.9. The number of nitrogens with zero attached hydrogens (tertiary/aromatic N) is 2. The third-order valence-electron chi connectivity index (χ3n) is 2.40. The van der Waals surface area contributed by atoms with E-state index in [-0.39, 0.29) is 11.6 Å². The molecule has 14 heavy (non-hydrogen) atoms. The maximum Gasteiger partial charge on any atom is 0.263 e. The molecule has 72 valence electrons. The average Bonchev–Trinajstić information content (AvgIpc) is 2.84. The van der Waals surface area contributed by atoms with Gasteiger partial charge in [0.05, 0.1) is 5.39 Å². The third-order valence-corrected chi connectivity index (χ3v) is 3.47. The lowest BCUT2D eigenvalue weighted by molar-refractivity contribution is 0.700. The minimum Gasteiger partial charge on any atom is -0.280 e. The molecule has 3 rings (SSSR count). The van der Waals surface area contributed by atoms with Crippen LogP contribution in [0.5, 0.6) is 0 Å². The van der Waals surface area contributed by atoms with Gasteiger partial charge < -0.3 is 0 Å². The molecule has 0 amide bonds. The van der Waals surface area contributed by atoms with Gasteiger partial charge in [0, 0.05) is 6.04 Å². The molecular weight excluding hydrogens is 220 g/mol. The van der Waals surface area contributed by atoms with Gasteiger partial charge in [-0.1, -0.05) is 0 Å². The van der Waals surface area contributed by atoms with E-state index >= 15 is 0 Å². The smallest absolute Gasteiger partial charge is 0.263 e. The standard InChI is InChI=1S/C9H7ClN2OS/c10-9-11-7-6(3-4-14-7)8(13)12(9)5-1-2-5/h3-5H,1-2H2. The largest absolute Gasteiger partial charge is 0.280 e. The molecule has 1 aliphatic rings. The summed E-state index contributed by atoms with van der Waals surface area (Å²) in [4.78, 5) is 16.9. The number of thiophene rings is 1. The highest BCUT2D eigenvalue weighted by Crippen LogP contribution is 2.35. The first-order chi connectivity index (χ1) is 6.77. The summed E-state index contributed by atoms with van der Waals surface area (Å²) in [6.45, 7) is 0. The summed E-state index contributed by atoms with van der Waals surface area (Å²) >= 11 is 7.41. The Morgan fingerprint density at radius 3 is 3.07 bits per heavy atom. The molecule has 2 aromatic rings. The topological polar surface area (TPSA) is 34.9 Å². The molecule has 0 aromatic carbocycles. The van der Waals surface area contributed by atoms with E-state index in [2.05, 4.69) is 4.98 Å². The van der Waals surface area contributed by atoms with Crippen molar-refractivity contribution in [3.05, 3.63) is 27.1 Å². The van der Waals surface area contributed by atoms with Gasteiger partial charge in [-0.3, -0.25) is 9.36 Å². The fraction of sp³-hybridized carbons (Fsp3) is 0.333. The number of hydrogen-bond donors (Lipinski definition) is 0. The molecule has 0 bridgehead atoms. The van der Waals surface area contributed by atoms with E-state index in [9.17, 15) is 4.79 Å². The summed E-state index contributed by atoms with van der Waals surface area (Å²) in [7, 11) is 0. The first-order valence-electron chi connectivity index (χ1n) is 4.42. The Labute approximate surface area is 89.0 Å². The Balaban J connectivity index is 2.42. The van der Waals surface area contributed by atoms with Crippen molar-refractivity contribution in [1.82, 2.24) is 9.55 Å². The summed E-state index contributed by atoms with van der Waals surface area (Å²) in [5.41, 5.74) is 0.00347. The van der Waals surface area contributed by atoms with Gasteiger partial charge in [-0.05, 0) is 35.9 Å². The number of rotatable bonds is 1. The number of aromatic nitrogens is 2. The lowest BCUT2D eigenvalue weighted by Crippen LogP contribution is -2.20. The van der Waals surface area contributed by atoms with Crippen LogP contribution in [0.3, 0.4) is 0 Å². The van der Waals surface area contributed by atoms with Gasteiger partial charge >= 0.3 is 0 Å². The number of halogens is 1. The molecule has 1 aliphatic carbocycles. The zero-order valence-corrected chi connectivity index (χ0v) is 8.81. The van der Waals surface area contributed by atoms with Crippen molar-refractivity contribution in [2.45, 2.75) is 18.9 Å². The Morgan fingerprint density at radius 1 is 1.57 bits per heavy atom. The second kappa shape index (κ2) is 2.81. The normalized spacial score (nSPS) is 16.4. The molecule has 0 saturated heterocycles. The molecule has 0 N–H and O–H groups in total. The van der Waals surface area contributed by atoms with E-state index in [4.69, 9.17) is 11.6 Å². The van der Waals surface area contributed by atoms with Crippen LogP contribution in [0.1, 0.15) is 18.9 Å². The lowest BCUT2D eigenvalue weighted by Gasteiger charge is -2.04. The van der Waals surface area contributed by atoms with Crippen LogP contribution < -0.4 is 5.56 Å². The van der Waals surface area contributed by atoms with Gasteiger partial charge in [0.15, 0.2) is 0 Å². The fourth-order valence-corrected chi connectivity index (χ4v) is 2.65. The van der Waals surface area contributed by atoms with Crippen molar-refractivity contribution in [2.75, 3.05) is 0 Å². The van der Waals surface area contributed by atoms with E-state index in [1.807, 2.05) is 11.4 Å². The Bertz CT molecular complexity index is 555. The first kappa shape index (κ1) is 8.44. The van der Waals surface area contributed by atoms with E-state index in [0.717, 1.165) is 17.7 Å². The average molecular weight is 227 g/mol. The van der Waals surface area contributed by atoms with Gasteiger partial charge in [-0.25, -0.2) is 4.98 Å². The monoisotopic (exact) mass is 226 g/mol. The Hall–Kier alpha value is -0.870. The SMILES string of the molecule is O=c1c2ccsc2nc(Cl)n1C1CC1. The van der Waals surface area contributed by atoms with Crippen molar-refractivity contribution in [1.29, 1.82) is 0 Å². The van der Waals surface area contributed by atoms with E-state index in [1.165, 1.54) is 11.3 Å². The van der Waals surface area contributed by atoms with Crippen molar-refractivity contribution in [2.24, 2.45) is 0 Å².